The summed E-state index contributed by atoms with van der Waals surface area (Å²) >= 11 is 3.50. The number of nitrogens with zero attached hydrogens (tertiary/aromatic N) is 1. The Bertz CT molecular complexity index is 1520. The lowest BCUT2D eigenvalue weighted by molar-refractivity contribution is 0.0697. The maximum atomic E-state index is 11.5. The van der Waals surface area contributed by atoms with Crippen LogP contribution in [0, 0.1) is 0 Å². The molecule has 0 amide bonds. The standard InChI is InChI=1S/C31H27BrN2O2/c1-21(23-10-12-28(32)13-11-23)33-19-22-9-14-30-25(17-22)15-16-34(30)20-27-5-2-3-8-29(27)24-6-4-7-26(18-24)31(35)36/h2-18,21,33H,19-20H2,1H3,(H,35,36). The van der Waals surface area contributed by atoms with Crippen molar-refractivity contribution in [3.05, 3.63) is 130 Å². The van der Waals surface area contributed by atoms with Crippen LogP contribution in [-0.4, -0.2) is 15.6 Å². The van der Waals surface area contributed by atoms with E-state index in [0.29, 0.717) is 12.1 Å². The first-order valence-electron chi connectivity index (χ1n) is 12.0. The molecule has 0 aliphatic carbocycles. The fourth-order valence-corrected chi connectivity index (χ4v) is 4.85. The third-order valence-corrected chi connectivity index (χ3v) is 7.13. The molecule has 4 nitrogen and oxygen atoms in total. The van der Waals surface area contributed by atoms with E-state index in [4.69, 9.17) is 0 Å². The highest BCUT2D eigenvalue weighted by Gasteiger charge is 2.11. The van der Waals surface area contributed by atoms with E-state index >= 15 is 0 Å². The van der Waals surface area contributed by atoms with Gasteiger partial charge in [-0.05, 0) is 82.6 Å². The number of benzene rings is 4. The summed E-state index contributed by atoms with van der Waals surface area (Å²) in [6.07, 6.45) is 2.12. The van der Waals surface area contributed by atoms with Gasteiger partial charge in [0.1, 0.15) is 0 Å². The third kappa shape index (κ3) is 5.27. The van der Waals surface area contributed by atoms with Gasteiger partial charge < -0.3 is 15.0 Å². The van der Waals surface area contributed by atoms with Gasteiger partial charge in [0.15, 0.2) is 0 Å². The van der Waals surface area contributed by atoms with Gasteiger partial charge in [0.2, 0.25) is 0 Å². The summed E-state index contributed by atoms with van der Waals surface area (Å²) in [5, 5.41) is 14.2. The molecule has 0 fully saturated rings. The number of carboxylic acids is 1. The molecule has 5 aromatic rings. The van der Waals surface area contributed by atoms with E-state index in [1.165, 1.54) is 22.0 Å². The Morgan fingerprint density at radius 1 is 0.944 bits per heavy atom. The molecule has 2 N–H and O–H groups in total. The molecule has 4 aromatic carbocycles. The number of fused-ring (bicyclic) bond motifs is 1. The number of carboxylic acid groups (broad SMARTS) is 1. The van der Waals surface area contributed by atoms with Gasteiger partial charge in [-0.15, -0.1) is 0 Å². The molecule has 1 aromatic heterocycles. The summed E-state index contributed by atoms with van der Waals surface area (Å²) in [7, 11) is 0. The Hall–Kier alpha value is -3.67. The van der Waals surface area contributed by atoms with Crippen LogP contribution >= 0.6 is 15.9 Å². The summed E-state index contributed by atoms with van der Waals surface area (Å²) in [6.45, 7) is 3.68. The molecule has 0 spiro atoms. The van der Waals surface area contributed by atoms with E-state index in [-0.39, 0.29) is 6.04 Å². The molecule has 5 heteroatoms. The molecule has 1 atom stereocenters. The van der Waals surface area contributed by atoms with Gasteiger partial charge in [-0.2, -0.15) is 0 Å². The number of rotatable bonds is 8. The number of hydrogen-bond donors (Lipinski definition) is 2. The predicted octanol–water partition coefficient (Wildman–Crippen LogP) is 7.67. The average molecular weight is 539 g/mol. The Kier molecular flexibility index (Phi) is 7.03. The van der Waals surface area contributed by atoms with E-state index in [1.54, 1.807) is 18.2 Å². The lowest BCUT2D eigenvalue weighted by atomic mass is 9.98. The summed E-state index contributed by atoms with van der Waals surface area (Å²) in [6, 6.07) is 32.8. The molecule has 0 saturated heterocycles. The van der Waals surface area contributed by atoms with Crippen molar-refractivity contribution in [1.82, 2.24) is 9.88 Å². The predicted molar refractivity (Wildman–Crippen MR) is 149 cm³/mol. The van der Waals surface area contributed by atoms with Gasteiger partial charge in [-0.1, -0.05) is 70.5 Å². The zero-order chi connectivity index (χ0) is 25.1. The number of aromatic carboxylic acids is 1. The van der Waals surface area contributed by atoms with Crippen molar-refractivity contribution in [2.45, 2.75) is 26.1 Å². The minimum atomic E-state index is -0.915. The second-order valence-electron chi connectivity index (χ2n) is 9.03. The molecule has 36 heavy (non-hydrogen) atoms. The van der Waals surface area contributed by atoms with Gasteiger partial charge in [0, 0.05) is 35.3 Å². The Balaban J connectivity index is 1.34. The lowest BCUT2D eigenvalue weighted by Gasteiger charge is -2.15. The Labute approximate surface area is 219 Å². The van der Waals surface area contributed by atoms with Gasteiger partial charge in [0.25, 0.3) is 0 Å². The van der Waals surface area contributed by atoms with E-state index < -0.39 is 5.97 Å². The van der Waals surface area contributed by atoms with E-state index in [0.717, 1.165) is 27.7 Å². The molecule has 1 heterocycles. The van der Waals surface area contributed by atoms with Gasteiger partial charge in [0.05, 0.1) is 5.56 Å². The number of carbonyl (C=O) groups is 1. The molecule has 0 aliphatic heterocycles. The second kappa shape index (κ2) is 10.5. The number of aromatic nitrogens is 1. The van der Waals surface area contributed by atoms with Crippen molar-refractivity contribution in [3.63, 3.8) is 0 Å². The number of halogens is 1. The second-order valence-corrected chi connectivity index (χ2v) is 9.95. The minimum absolute atomic E-state index is 0.259. The van der Waals surface area contributed by atoms with Crippen LogP contribution in [0.5, 0.6) is 0 Å². The fraction of sp³-hybridized carbons (Fsp3) is 0.129. The van der Waals surface area contributed by atoms with Crippen molar-refractivity contribution in [2.75, 3.05) is 0 Å². The van der Waals surface area contributed by atoms with Crippen molar-refractivity contribution in [2.24, 2.45) is 0 Å². The molecule has 180 valence electrons. The zero-order valence-electron chi connectivity index (χ0n) is 20.0. The van der Waals surface area contributed by atoms with Crippen molar-refractivity contribution in [1.29, 1.82) is 0 Å². The highest BCUT2D eigenvalue weighted by molar-refractivity contribution is 9.10. The quantitative estimate of drug-likeness (QED) is 0.213. The van der Waals surface area contributed by atoms with Crippen LogP contribution < -0.4 is 5.32 Å². The normalized spacial score (nSPS) is 12.1. The monoisotopic (exact) mass is 538 g/mol. The SMILES string of the molecule is CC(NCc1ccc2c(ccn2Cc2ccccc2-c2cccc(C(=O)O)c2)c1)c1ccc(Br)cc1. The summed E-state index contributed by atoms with van der Waals surface area (Å²) < 4.78 is 3.33. The first-order valence-corrected chi connectivity index (χ1v) is 12.8. The van der Waals surface area contributed by atoms with Gasteiger partial charge in [-0.25, -0.2) is 4.79 Å². The number of nitrogens with one attached hydrogen (secondary N) is 1. The van der Waals surface area contributed by atoms with E-state index in [9.17, 15) is 9.90 Å². The topological polar surface area (TPSA) is 54.3 Å². The van der Waals surface area contributed by atoms with Crippen LogP contribution in [0.2, 0.25) is 0 Å². The zero-order valence-corrected chi connectivity index (χ0v) is 21.6. The van der Waals surface area contributed by atoms with Crippen LogP contribution in [0.15, 0.2) is 108 Å². The highest BCUT2D eigenvalue weighted by atomic mass is 79.9. The van der Waals surface area contributed by atoms with Crippen molar-refractivity contribution < 1.29 is 9.90 Å². The average Bonchev–Trinajstić information content (AvgIpc) is 3.30. The van der Waals surface area contributed by atoms with Crippen LogP contribution in [0.3, 0.4) is 0 Å². The number of hydrogen-bond acceptors (Lipinski definition) is 2. The Morgan fingerprint density at radius 2 is 1.75 bits per heavy atom. The van der Waals surface area contributed by atoms with Gasteiger partial charge >= 0.3 is 5.97 Å². The van der Waals surface area contributed by atoms with E-state index in [1.807, 2.05) is 18.2 Å². The first-order chi connectivity index (χ1) is 17.5. The summed E-state index contributed by atoms with van der Waals surface area (Å²) in [4.78, 5) is 11.5. The molecule has 0 radical (unpaired) electrons. The molecule has 1 unspecified atom stereocenters. The first kappa shape index (κ1) is 24.0. The van der Waals surface area contributed by atoms with Gasteiger partial charge in [-0.3, -0.25) is 0 Å². The summed E-state index contributed by atoms with van der Waals surface area (Å²) in [5.41, 5.74) is 7.08. The van der Waals surface area contributed by atoms with Crippen molar-refractivity contribution in [3.8, 4) is 11.1 Å². The molecule has 0 aliphatic rings. The van der Waals surface area contributed by atoms with Crippen LogP contribution in [0.1, 0.15) is 40.0 Å². The maximum absolute atomic E-state index is 11.5. The Morgan fingerprint density at radius 3 is 2.56 bits per heavy atom. The molecular formula is C31H27BrN2O2. The molecule has 0 saturated carbocycles. The van der Waals surface area contributed by atoms with Crippen LogP contribution in [-0.2, 0) is 13.1 Å². The van der Waals surface area contributed by atoms with Crippen LogP contribution in [0.4, 0.5) is 0 Å². The largest absolute Gasteiger partial charge is 0.478 e. The summed E-state index contributed by atoms with van der Waals surface area (Å²) in [5.74, 6) is -0.915. The molecular weight excluding hydrogens is 512 g/mol. The fourth-order valence-electron chi connectivity index (χ4n) is 4.58. The smallest absolute Gasteiger partial charge is 0.335 e. The maximum Gasteiger partial charge on any atom is 0.335 e. The molecule has 0 bridgehead atoms. The lowest BCUT2D eigenvalue weighted by Crippen LogP contribution is -2.17. The highest BCUT2D eigenvalue weighted by Crippen LogP contribution is 2.27. The minimum Gasteiger partial charge on any atom is -0.478 e. The third-order valence-electron chi connectivity index (χ3n) is 6.60. The molecule has 5 rings (SSSR count). The van der Waals surface area contributed by atoms with E-state index in [2.05, 4.69) is 99.6 Å². The van der Waals surface area contributed by atoms with Crippen LogP contribution in [0.25, 0.3) is 22.0 Å². The van der Waals surface area contributed by atoms with Crippen molar-refractivity contribution >= 4 is 32.8 Å².